The highest BCUT2D eigenvalue weighted by molar-refractivity contribution is 5.81. The number of aliphatic carboxylic acids is 1. The van der Waals surface area contributed by atoms with Crippen LogP contribution in [0.1, 0.15) is 45.4 Å². The number of carbonyl (C=O) groups excluding carboxylic acids is 1. The molecule has 2 fully saturated rings. The van der Waals surface area contributed by atoms with E-state index in [1.807, 2.05) is 6.92 Å². The summed E-state index contributed by atoms with van der Waals surface area (Å²) in [4.78, 5) is 25.4. The van der Waals surface area contributed by atoms with Crippen LogP contribution >= 0.6 is 0 Å². The van der Waals surface area contributed by atoms with E-state index in [-0.39, 0.29) is 5.91 Å². The molecule has 0 aromatic carbocycles. The summed E-state index contributed by atoms with van der Waals surface area (Å²) >= 11 is 0. The number of carboxylic acid groups (broad SMARTS) is 1. The van der Waals surface area contributed by atoms with Crippen molar-refractivity contribution in [1.29, 1.82) is 0 Å². The molecule has 1 aliphatic heterocycles. The van der Waals surface area contributed by atoms with Gasteiger partial charge < -0.3 is 15.3 Å². The number of hydrogen-bond donors (Lipinski definition) is 2. The fourth-order valence-electron chi connectivity index (χ4n) is 2.94. The van der Waals surface area contributed by atoms with E-state index in [1.165, 1.54) is 0 Å². The lowest BCUT2D eigenvalue weighted by atomic mass is 9.76. The third kappa shape index (κ3) is 3.47. The Labute approximate surface area is 114 Å². The molecule has 0 bridgehead atoms. The van der Waals surface area contributed by atoms with Crippen molar-refractivity contribution in [3.05, 3.63) is 0 Å². The maximum atomic E-state index is 12.1. The number of rotatable bonds is 6. The van der Waals surface area contributed by atoms with Crippen molar-refractivity contribution in [3.63, 3.8) is 0 Å². The first-order valence-corrected chi connectivity index (χ1v) is 7.32. The second-order valence-electron chi connectivity index (χ2n) is 5.91. The van der Waals surface area contributed by atoms with E-state index in [0.717, 1.165) is 25.7 Å². The van der Waals surface area contributed by atoms with Crippen LogP contribution in [0.25, 0.3) is 0 Å². The summed E-state index contributed by atoms with van der Waals surface area (Å²) in [7, 11) is 0. The normalized spacial score (nSPS) is 27.3. The number of nitrogens with one attached hydrogen (secondary N) is 1. The van der Waals surface area contributed by atoms with Crippen molar-refractivity contribution in [2.45, 2.75) is 51.5 Å². The molecular formula is C14H24N2O3. The van der Waals surface area contributed by atoms with Gasteiger partial charge in [-0.1, -0.05) is 13.3 Å². The molecule has 1 heterocycles. The number of nitrogens with zero attached hydrogens (tertiary/aromatic N) is 1. The van der Waals surface area contributed by atoms with E-state index < -0.39 is 11.4 Å². The van der Waals surface area contributed by atoms with E-state index in [1.54, 1.807) is 4.90 Å². The van der Waals surface area contributed by atoms with Crippen LogP contribution in [0.5, 0.6) is 0 Å². The van der Waals surface area contributed by atoms with E-state index in [9.17, 15) is 14.7 Å². The summed E-state index contributed by atoms with van der Waals surface area (Å²) in [5.41, 5.74) is -0.720. The Kier molecular flexibility index (Phi) is 4.45. The van der Waals surface area contributed by atoms with Crippen LogP contribution in [0, 0.1) is 5.41 Å². The number of carboxylic acids is 1. The zero-order valence-corrected chi connectivity index (χ0v) is 11.7. The summed E-state index contributed by atoms with van der Waals surface area (Å²) in [6, 6.07) is 0.508. The van der Waals surface area contributed by atoms with Gasteiger partial charge in [-0.15, -0.1) is 0 Å². The molecule has 108 valence electrons. The minimum absolute atomic E-state index is 0.0494. The minimum Gasteiger partial charge on any atom is -0.481 e. The molecule has 19 heavy (non-hydrogen) atoms. The van der Waals surface area contributed by atoms with E-state index in [4.69, 9.17) is 0 Å². The first kappa shape index (κ1) is 14.3. The molecule has 2 aliphatic rings. The van der Waals surface area contributed by atoms with E-state index in [2.05, 4.69) is 5.32 Å². The summed E-state index contributed by atoms with van der Waals surface area (Å²) in [5, 5.41) is 12.7. The van der Waals surface area contributed by atoms with Gasteiger partial charge in [0.25, 0.3) is 0 Å². The van der Waals surface area contributed by atoms with Gasteiger partial charge in [0.05, 0.1) is 12.0 Å². The van der Waals surface area contributed by atoms with Gasteiger partial charge in [-0.05, 0) is 32.1 Å². The Bertz CT molecular complexity index is 351. The predicted octanol–water partition coefficient (Wildman–Crippen LogP) is 1.23. The maximum Gasteiger partial charge on any atom is 0.311 e. The van der Waals surface area contributed by atoms with Gasteiger partial charge in [0.2, 0.25) is 5.91 Å². The molecule has 1 saturated heterocycles. The first-order valence-electron chi connectivity index (χ1n) is 7.32. The second-order valence-corrected chi connectivity index (χ2v) is 5.91. The lowest BCUT2D eigenvalue weighted by molar-refractivity contribution is -0.155. The number of hydrogen-bond acceptors (Lipinski definition) is 3. The van der Waals surface area contributed by atoms with E-state index >= 15 is 0 Å². The smallest absolute Gasteiger partial charge is 0.311 e. The molecule has 1 amide bonds. The minimum atomic E-state index is -0.748. The quantitative estimate of drug-likeness (QED) is 0.760. The third-order valence-electron chi connectivity index (χ3n) is 4.23. The summed E-state index contributed by atoms with van der Waals surface area (Å²) in [6.45, 7) is 3.43. The molecule has 0 radical (unpaired) electrons. The van der Waals surface area contributed by atoms with Crippen molar-refractivity contribution in [3.8, 4) is 0 Å². The van der Waals surface area contributed by atoms with Crippen LogP contribution in [0.3, 0.4) is 0 Å². The van der Waals surface area contributed by atoms with Crippen molar-refractivity contribution in [2.75, 3.05) is 19.6 Å². The zero-order chi connectivity index (χ0) is 13.9. The van der Waals surface area contributed by atoms with Gasteiger partial charge in [0.15, 0.2) is 0 Å². The monoisotopic (exact) mass is 268 g/mol. The van der Waals surface area contributed by atoms with Crippen LogP contribution in [0.15, 0.2) is 0 Å². The second kappa shape index (κ2) is 5.90. The van der Waals surface area contributed by atoms with E-state index in [0.29, 0.717) is 38.5 Å². The Morgan fingerprint density at radius 2 is 2.16 bits per heavy atom. The molecule has 5 heteroatoms. The van der Waals surface area contributed by atoms with Crippen molar-refractivity contribution >= 4 is 11.9 Å². The fraction of sp³-hybridized carbons (Fsp3) is 0.857. The molecule has 5 nitrogen and oxygen atoms in total. The van der Waals surface area contributed by atoms with Gasteiger partial charge in [-0.25, -0.2) is 0 Å². The third-order valence-corrected chi connectivity index (χ3v) is 4.23. The maximum absolute atomic E-state index is 12.1. The number of piperidine rings is 1. The Morgan fingerprint density at radius 1 is 1.42 bits per heavy atom. The number of carbonyl (C=O) groups is 2. The van der Waals surface area contributed by atoms with Gasteiger partial charge in [-0.3, -0.25) is 9.59 Å². The van der Waals surface area contributed by atoms with Crippen LogP contribution in [-0.2, 0) is 9.59 Å². The Hall–Kier alpha value is -1.10. The fourth-order valence-corrected chi connectivity index (χ4v) is 2.94. The van der Waals surface area contributed by atoms with Crippen LogP contribution in [-0.4, -0.2) is 47.6 Å². The van der Waals surface area contributed by atoms with Crippen LogP contribution < -0.4 is 5.32 Å². The summed E-state index contributed by atoms with van der Waals surface area (Å²) in [6.07, 6.45) is 5.29. The zero-order valence-electron chi connectivity index (χ0n) is 11.7. The molecule has 2 N–H and O–H groups in total. The van der Waals surface area contributed by atoms with Crippen molar-refractivity contribution in [2.24, 2.45) is 5.41 Å². The average molecular weight is 268 g/mol. The van der Waals surface area contributed by atoms with Crippen molar-refractivity contribution in [1.82, 2.24) is 10.2 Å². The van der Waals surface area contributed by atoms with Gasteiger partial charge in [0, 0.05) is 19.1 Å². The van der Waals surface area contributed by atoms with Crippen LogP contribution in [0.2, 0.25) is 0 Å². The predicted molar refractivity (Wildman–Crippen MR) is 71.8 cm³/mol. The highest BCUT2D eigenvalue weighted by Crippen LogP contribution is 2.35. The summed E-state index contributed by atoms with van der Waals surface area (Å²) in [5.74, 6) is -0.699. The molecule has 2 rings (SSSR count). The average Bonchev–Trinajstić information content (AvgIpc) is 3.20. The molecule has 1 unspecified atom stereocenters. The molecular weight excluding hydrogens is 244 g/mol. The highest BCUT2D eigenvalue weighted by Gasteiger charge is 2.42. The molecule has 1 aliphatic carbocycles. The summed E-state index contributed by atoms with van der Waals surface area (Å²) < 4.78 is 0. The molecule has 0 aromatic heterocycles. The largest absolute Gasteiger partial charge is 0.481 e. The van der Waals surface area contributed by atoms with Gasteiger partial charge in [-0.2, -0.15) is 0 Å². The lowest BCUT2D eigenvalue weighted by Crippen LogP contribution is -2.51. The first-order chi connectivity index (χ1) is 9.07. The van der Waals surface area contributed by atoms with Gasteiger partial charge >= 0.3 is 5.97 Å². The Balaban J connectivity index is 1.93. The topological polar surface area (TPSA) is 69.6 Å². The highest BCUT2D eigenvalue weighted by atomic mass is 16.4. The standard InChI is InChI=1S/C14H24N2O3/c1-2-6-14(13(18)19)7-3-8-16(10-14)12(17)9-15-11-4-5-11/h11,15H,2-10H2,1H3,(H,18,19). The molecule has 0 aromatic rings. The molecule has 1 saturated carbocycles. The molecule has 1 atom stereocenters. The Morgan fingerprint density at radius 3 is 2.74 bits per heavy atom. The van der Waals surface area contributed by atoms with Gasteiger partial charge in [0.1, 0.15) is 0 Å². The SMILES string of the molecule is CCCC1(C(=O)O)CCCN(C(=O)CNC2CC2)C1. The number of likely N-dealkylation sites (tertiary alicyclic amines) is 1. The number of amides is 1. The lowest BCUT2D eigenvalue weighted by Gasteiger charge is -2.40. The van der Waals surface area contributed by atoms with Crippen LogP contribution in [0.4, 0.5) is 0 Å². The van der Waals surface area contributed by atoms with Crippen molar-refractivity contribution < 1.29 is 14.7 Å². The molecule has 0 spiro atoms.